The van der Waals surface area contributed by atoms with Crippen molar-refractivity contribution in [3.63, 3.8) is 0 Å². The Labute approximate surface area is 144 Å². The Morgan fingerprint density at radius 2 is 2.04 bits per heavy atom. The molecule has 1 unspecified atom stereocenters. The third kappa shape index (κ3) is 3.81. The predicted molar refractivity (Wildman–Crippen MR) is 97.0 cm³/mol. The number of carbonyl (C=O) groups excluding carboxylic acids is 1. The Morgan fingerprint density at radius 1 is 1.25 bits per heavy atom. The second-order valence-electron chi connectivity index (χ2n) is 6.84. The fraction of sp³-hybridized carbons (Fsp3) is 0.550. The summed E-state index contributed by atoms with van der Waals surface area (Å²) in [5.41, 5.74) is 3.27. The molecule has 1 aromatic rings. The normalized spacial score (nSPS) is 20.7. The maximum absolute atomic E-state index is 12.7. The van der Waals surface area contributed by atoms with Crippen LogP contribution in [0.4, 0.5) is 0 Å². The fourth-order valence-electron chi connectivity index (χ4n) is 3.81. The van der Waals surface area contributed by atoms with Crippen molar-refractivity contribution >= 4 is 11.5 Å². The van der Waals surface area contributed by atoms with Crippen LogP contribution in [-0.4, -0.2) is 43.6 Å². The van der Waals surface area contributed by atoms with Gasteiger partial charge in [-0.2, -0.15) is 0 Å². The number of hydrogen-bond acceptors (Lipinski definition) is 3. The first-order valence-electron chi connectivity index (χ1n) is 9.07. The molecule has 24 heavy (non-hydrogen) atoms. The van der Waals surface area contributed by atoms with Crippen LogP contribution in [0.5, 0.6) is 5.75 Å². The first-order chi connectivity index (χ1) is 11.7. The SMILES string of the molecule is COc1cccc(C2=C(CC(C)N3CCCC3)C(=O)NCCC2)c1. The molecule has 4 nitrogen and oxygen atoms in total. The molecular weight excluding hydrogens is 300 g/mol. The molecule has 3 rings (SSSR count). The number of methoxy groups -OCH3 is 1. The average molecular weight is 328 g/mol. The van der Waals surface area contributed by atoms with E-state index in [2.05, 4.69) is 29.3 Å². The zero-order valence-electron chi connectivity index (χ0n) is 14.8. The molecule has 1 aromatic carbocycles. The lowest BCUT2D eigenvalue weighted by atomic mass is 9.92. The summed E-state index contributed by atoms with van der Waals surface area (Å²) in [7, 11) is 1.68. The monoisotopic (exact) mass is 328 g/mol. The molecule has 1 fully saturated rings. The molecule has 2 aliphatic heterocycles. The number of nitrogens with one attached hydrogen (secondary N) is 1. The first kappa shape index (κ1) is 17.0. The number of benzene rings is 1. The van der Waals surface area contributed by atoms with Crippen LogP contribution in [-0.2, 0) is 4.79 Å². The largest absolute Gasteiger partial charge is 0.497 e. The van der Waals surface area contributed by atoms with Crippen molar-refractivity contribution in [2.24, 2.45) is 0 Å². The number of rotatable bonds is 5. The number of hydrogen-bond donors (Lipinski definition) is 1. The molecule has 0 bridgehead atoms. The minimum Gasteiger partial charge on any atom is -0.497 e. The maximum atomic E-state index is 12.7. The zero-order chi connectivity index (χ0) is 16.9. The Balaban J connectivity index is 1.92. The van der Waals surface area contributed by atoms with Gasteiger partial charge in [-0.3, -0.25) is 4.79 Å². The van der Waals surface area contributed by atoms with Crippen molar-refractivity contribution in [1.29, 1.82) is 0 Å². The molecule has 0 aromatic heterocycles. The van der Waals surface area contributed by atoms with Crippen molar-refractivity contribution in [1.82, 2.24) is 10.2 Å². The van der Waals surface area contributed by atoms with Gasteiger partial charge in [0, 0.05) is 18.2 Å². The molecule has 1 saturated heterocycles. The lowest BCUT2D eigenvalue weighted by molar-refractivity contribution is -0.117. The van der Waals surface area contributed by atoms with Crippen LogP contribution in [0.15, 0.2) is 29.8 Å². The number of allylic oxidation sites excluding steroid dienone is 1. The number of carbonyl (C=O) groups is 1. The topological polar surface area (TPSA) is 41.6 Å². The van der Waals surface area contributed by atoms with Crippen molar-refractivity contribution < 1.29 is 9.53 Å². The number of amides is 1. The Bertz CT molecular complexity index is 618. The molecule has 2 heterocycles. The van der Waals surface area contributed by atoms with E-state index in [1.165, 1.54) is 18.4 Å². The van der Waals surface area contributed by atoms with Gasteiger partial charge in [0.15, 0.2) is 0 Å². The molecule has 2 aliphatic rings. The maximum Gasteiger partial charge on any atom is 0.247 e. The van der Waals surface area contributed by atoms with Crippen molar-refractivity contribution in [3.8, 4) is 5.75 Å². The lowest BCUT2D eigenvalue weighted by Crippen LogP contribution is -2.33. The van der Waals surface area contributed by atoms with Crippen LogP contribution in [0.2, 0.25) is 0 Å². The molecule has 0 radical (unpaired) electrons. The van der Waals surface area contributed by atoms with Crippen LogP contribution < -0.4 is 10.1 Å². The molecule has 4 heteroatoms. The van der Waals surface area contributed by atoms with Gasteiger partial charge >= 0.3 is 0 Å². The quantitative estimate of drug-likeness (QED) is 0.902. The van der Waals surface area contributed by atoms with E-state index in [0.29, 0.717) is 6.04 Å². The standard InChI is InChI=1S/C20H28N2O2/c1-15(22-11-3-4-12-22)13-19-18(9-6-10-21-20(19)23)16-7-5-8-17(14-16)24-2/h5,7-8,14-15H,3-4,6,9-13H2,1-2H3,(H,21,23). The van der Waals surface area contributed by atoms with Gasteiger partial charge in [-0.15, -0.1) is 0 Å². The second-order valence-corrected chi connectivity index (χ2v) is 6.84. The van der Waals surface area contributed by atoms with Gasteiger partial charge in [0.05, 0.1) is 7.11 Å². The lowest BCUT2D eigenvalue weighted by Gasteiger charge is -2.25. The van der Waals surface area contributed by atoms with E-state index < -0.39 is 0 Å². The van der Waals surface area contributed by atoms with E-state index in [1.807, 2.05) is 12.1 Å². The van der Waals surface area contributed by atoms with E-state index in [4.69, 9.17) is 4.74 Å². The zero-order valence-corrected chi connectivity index (χ0v) is 14.8. The minimum absolute atomic E-state index is 0.108. The van der Waals surface area contributed by atoms with Crippen molar-refractivity contribution in [2.45, 2.75) is 45.1 Å². The molecule has 1 N–H and O–H groups in total. The third-order valence-electron chi connectivity index (χ3n) is 5.21. The van der Waals surface area contributed by atoms with Crippen LogP contribution in [0.1, 0.15) is 44.6 Å². The van der Waals surface area contributed by atoms with Gasteiger partial charge in [-0.25, -0.2) is 0 Å². The highest BCUT2D eigenvalue weighted by Gasteiger charge is 2.25. The van der Waals surface area contributed by atoms with Gasteiger partial charge in [-0.05, 0) is 75.4 Å². The highest BCUT2D eigenvalue weighted by Crippen LogP contribution is 2.31. The van der Waals surface area contributed by atoms with Gasteiger partial charge in [0.1, 0.15) is 5.75 Å². The summed E-state index contributed by atoms with van der Waals surface area (Å²) in [6.45, 7) is 5.32. The molecule has 0 aliphatic carbocycles. The van der Waals surface area contributed by atoms with E-state index >= 15 is 0 Å². The van der Waals surface area contributed by atoms with Crippen molar-refractivity contribution in [2.75, 3.05) is 26.7 Å². The summed E-state index contributed by atoms with van der Waals surface area (Å²) < 4.78 is 5.37. The number of ether oxygens (including phenoxy) is 1. The Kier molecular flexibility index (Phi) is 5.56. The highest BCUT2D eigenvalue weighted by atomic mass is 16.5. The second kappa shape index (κ2) is 7.84. The van der Waals surface area contributed by atoms with Crippen LogP contribution >= 0.6 is 0 Å². The molecule has 1 amide bonds. The molecule has 0 spiro atoms. The van der Waals surface area contributed by atoms with E-state index in [1.54, 1.807) is 7.11 Å². The molecular formula is C20H28N2O2. The number of likely N-dealkylation sites (tertiary alicyclic amines) is 1. The molecule has 1 atom stereocenters. The smallest absolute Gasteiger partial charge is 0.247 e. The average Bonchev–Trinajstić information content (AvgIpc) is 3.08. The third-order valence-corrected chi connectivity index (χ3v) is 5.21. The highest BCUT2D eigenvalue weighted by molar-refractivity contribution is 6.01. The summed E-state index contributed by atoms with van der Waals surface area (Å²) in [5, 5.41) is 3.07. The predicted octanol–water partition coefficient (Wildman–Crippen LogP) is 3.23. The summed E-state index contributed by atoms with van der Waals surface area (Å²) in [6, 6.07) is 8.51. The van der Waals surface area contributed by atoms with Gasteiger partial charge < -0.3 is 15.0 Å². The Hall–Kier alpha value is -1.81. The summed E-state index contributed by atoms with van der Waals surface area (Å²) in [5.74, 6) is 0.952. The van der Waals surface area contributed by atoms with Gasteiger partial charge in [0.2, 0.25) is 5.91 Å². The molecule has 0 saturated carbocycles. The van der Waals surface area contributed by atoms with Gasteiger partial charge in [-0.1, -0.05) is 12.1 Å². The number of nitrogens with zero attached hydrogens (tertiary/aromatic N) is 1. The molecule has 130 valence electrons. The van der Waals surface area contributed by atoms with Crippen LogP contribution in [0.25, 0.3) is 5.57 Å². The fourth-order valence-corrected chi connectivity index (χ4v) is 3.81. The van der Waals surface area contributed by atoms with Crippen LogP contribution in [0.3, 0.4) is 0 Å². The summed E-state index contributed by atoms with van der Waals surface area (Å²) >= 11 is 0. The van der Waals surface area contributed by atoms with Gasteiger partial charge in [0.25, 0.3) is 0 Å². The van der Waals surface area contributed by atoms with E-state index in [0.717, 1.165) is 55.8 Å². The van der Waals surface area contributed by atoms with Crippen molar-refractivity contribution in [3.05, 3.63) is 35.4 Å². The first-order valence-corrected chi connectivity index (χ1v) is 9.07. The van der Waals surface area contributed by atoms with E-state index in [-0.39, 0.29) is 5.91 Å². The Morgan fingerprint density at radius 3 is 2.79 bits per heavy atom. The van der Waals surface area contributed by atoms with Crippen LogP contribution in [0, 0.1) is 0 Å². The summed E-state index contributed by atoms with van der Waals surface area (Å²) in [4.78, 5) is 15.2. The van der Waals surface area contributed by atoms with E-state index in [9.17, 15) is 4.79 Å². The summed E-state index contributed by atoms with van der Waals surface area (Å²) in [6.07, 6.45) is 5.29. The minimum atomic E-state index is 0.108.